The molecule has 0 spiro atoms. The molecule has 16 nitrogen and oxygen atoms in total. The van der Waals surface area contributed by atoms with E-state index >= 15 is 0 Å². The van der Waals surface area contributed by atoms with E-state index in [2.05, 4.69) is 15.4 Å². The van der Waals surface area contributed by atoms with Gasteiger partial charge in [-0.05, 0) is 148 Å². The maximum absolute atomic E-state index is 13.7. The van der Waals surface area contributed by atoms with Gasteiger partial charge in [-0.1, -0.05) is 0 Å². The highest BCUT2D eigenvalue weighted by Gasteiger charge is 2.32. The van der Waals surface area contributed by atoms with Crippen LogP contribution in [0.25, 0.3) is 11.3 Å². The van der Waals surface area contributed by atoms with Gasteiger partial charge in [0, 0.05) is 44.2 Å². The average molecular weight is 860 g/mol. The van der Waals surface area contributed by atoms with E-state index in [1.165, 1.54) is 18.4 Å². The topological polar surface area (TPSA) is 203 Å². The van der Waals surface area contributed by atoms with E-state index in [-0.39, 0.29) is 42.1 Å². The van der Waals surface area contributed by atoms with Crippen molar-refractivity contribution in [2.45, 2.75) is 122 Å². The van der Waals surface area contributed by atoms with Crippen LogP contribution in [0.3, 0.4) is 0 Å². The number of piperidine rings is 2. The Hall–Kier alpha value is -4.64. The maximum atomic E-state index is 13.7. The molecular formula is C43H65N5O11S. The van der Waals surface area contributed by atoms with Crippen LogP contribution in [0.4, 0.5) is 9.59 Å². The molecule has 3 N–H and O–H groups in total. The molecule has 2 aliphatic heterocycles. The summed E-state index contributed by atoms with van der Waals surface area (Å²) in [6.07, 6.45) is 6.77. The molecule has 4 amide bonds. The van der Waals surface area contributed by atoms with Crippen molar-refractivity contribution >= 4 is 40.0 Å². The van der Waals surface area contributed by atoms with E-state index in [1.54, 1.807) is 41.0 Å². The lowest BCUT2D eigenvalue weighted by Gasteiger charge is -2.34. The van der Waals surface area contributed by atoms with E-state index < -0.39 is 45.7 Å². The van der Waals surface area contributed by atoms with Crippen molar-refractivity contribution in [1.29, 1.82) is 0 Å². The van der Waals surface area contributed by atoms with Crippen LogP contribution in [0.5, 0.6) is 0 Å². The predicted octanol–water partition coefficient (Wildman–Crippen LogP) is 5.86. The van der Waals surface area contributed by atoms with Crippen molar-refractivity contribution in [2.75, 3.05) is 45.9 Å². The van der Waals surface area contributed by atoms with E-state index in [4.69, 9.17) is 18.6 Å². The molecule has 2 aromatic rings. The molecule has 0 bridgehead atoms. The van der Waals surface area contributed by atoms with Gasteiger partial charge < -0.3 is 39.1 Å². The standard InChI is InChI=1S/C43H65N5O11S/c1-8-56-39(51)35(46-60(54,55)34-17-15-32(16-18-34)36-10-9-27-57-36)28-44-37(49)29-45-38(50)33(13-11-30-19-23-47(24-20-30)40(52)58-42(2,3)4)14-12-31-21-25-48(26-22-31)41(53)59-43(5,6)7/h9-10,15-18,27,30-31,33,35,46H,8,11-14,19-26,28-29H2,1-7H3,(H,44,49)(H,45,50)/t35-/m0/s1. The van der Waals surface area contributed by atoms with Crippen molar-refractivity contribution in [2.24, 2.45) is 17.8 Å². The number of ether oxygens (including phenoxy) is 3. The smallest absolute Gasteiger partial charge is 0.410 e. The SMILES string of the molecule is CCOC(=O)[C@H](CNC(=O)CNC(=O)C(CCC1CCN(C(=O)OC(C)(C)C)CC1)CCC1CCN(C(=O)OC(C)(C)C)CC1)NS(=O)(=O)c1ccc(-c2ccco2)cc1. The Morgan fingerprint density at radius 2 is 1.30 bits per heavy atom. The zero-order chi connectivity index (χ0) is 44.1. The van der Waals surface area contributed by atoms with E-state index in [1.807, 2.05) is 41.5 Å². The van der Waals surface area contributed by atoms with Gasteiger partial charge in [0.15, 0.2) is 0 Å². The summed E-state index contributed by atoms with van der Waals surface area (Å²) in [5.41, 5.74) is -0.487. The number of hydrogen-bond donors (Lipinski definition) is 3. The molecular weight excluding hydrogens is 795 g/mol. The minimum Gasteiger partial charge on any atom is -0.465 e. The van der Waals surface area contributed by atoms with Crippen LogP contribution >= 0.6 is 0 Å². The number of amides is 4. The molecule has 1 atom stereocenters. The van der Waals surface area contributed by atoms with E-state index in [9.17, 15) is 32.4 Å². The summed E-state index contributed by atoms with van der Waals surface area (Å²) in [7, 11) is -4.21. The van der Waals surface area contributed by atoms with Crippen molar-refractivity contribution in [3.63, 3.8) is 0 Å². The predicted molar refractivity (Wildman–Crippen MR) is 224 cm³/mol. The highest BCUT2D eigenvalue weighted by Crippen LogP contribution is 2.30. The number of carbonyl (C=O) groups excluding carboxylic acids is 5. The largest absolute Gasteiger partial charge is 0.465 e. The Kier molecular flexibility index (Phi) is 17.4. The summed E-state index contributed by atoms with van der Waals surface area (Å²) in [6.45, 7) is 14.1. The van der Waals surface area contributed by atoms with Gasteiger partial charge in [-0.25, -0.2) is 18.0 Å². The van der Waals surface area contributed by atoms with Gasteiger partial charge in [-0.2, -0.15) is 4.72 Å². The van der Waals surface area contributed by atoms with Gasteiger partial charge in [-0.15, -0.1) is 0 Å². The molecule has 17 heteroatoms. The van der Waals surface area contributed by atoms with Crippen LogP contribution in [-0.4, -0.2) is 111 Å². The molecule has 334 valence electrons. The van der Waals surface area contributed by atoms with Crippen LogP contribution in [0.2, 0.25) is 0 Å². The number of benzene rings is 1. The highest BCUT2D eigenvalue weighted by atomic mass is 32.2. The third-order valence-electron chi connectivity index (χ3n) is 10.5. The molecule has 4 rings (SSSR count). The van der Waals surface area contributed by atoms with Crippen LogP contribution in [0.15, 0.2) is 52.0 Å². The minimum atomic E-state index is -4.21. The second-order valence-corrected chi connectivity index (χ2v) is 19.3. The molecule has 60 heavy (non-hydrogen) atoms. The van der Waals surface area contributed by atoms with Crippen LogP contribution in [0, 0.1) is 17.8 Å². The molecule has 2 saturated heterocycles. The van der Waals surface area contributed by atoms with Gasteiger partial charge >= 0.3 is 18.2 Å². The van der Waals surface area contributed by atoms with Gasteiger partial charge in [0.05, 0.1) is 24.3 Å². The Balaban J connectivity index is 1.32. The van der Waals surface area contributed by atoms with Crippen molar-refractivity contribution in [3.8, 4) is 11.3 Å². The van der Waals surface area contributed by atoms with Gasteiger partial charge in [0.1, 0.15) is 23.0 Å². The molecule has 0 unspecified atom stereocenters. The first-order valence-corrected chi connectivity index (χ1v) is 22.5. The number of rotatable bonds is 17. The third-order valence-corrected chi connectivity index (χ3v) is 12.0. The normalized spacial score (nSPS) is 16.3. The Labute approximate surface area is 354 Å². The van der Waals surface area contributed by atoms with Crippen molar-refractivity contribution in [3.05, 3.63) is 42.7 Å². The number of esters is 1. The highest BCUT2D eigenvalue weighted by molar-refractivity contribution is 7.89. The summed E-state index contributed by atoms with van der Waals surface area (Å²) in [6, 6.07) is 7.94. The summed E-state index contributed by atoms with van der Waals surface area (Å²) in [5.74, 6) is -0.943. The molecule has 1 aromatic heterocycles. The zero-order valence-corrected chi connectivity index (χ0v) is 37.1. The van der Waals surface area contributed by atoms with Gasteiger partial charge in [-0.3, -0.25) is 14.4 Å². The molecule has 2 aliphatic rings. The van der Waals surface area contributed by atoms with Crippen LogP contribution < -0.4 is 15.4 Å². The maximum Gasteiger partial charge on any atom is 0.410 e. The second-order valence-electron chi connectivity index (χ2n) is 17.6. The first kappa shape index (κ1) is 48.0. The number of sulfonamides is 1. The molecule has 2 fully saturated rings. The molecule has 3 heterocycles. The number of nitrogens with one attached hydrogen (secondary N) is 3. The third kappa shape index (κ3) is 15.8. The van der Waals surface area contributed by atoms with E-state index in [0.29, 0.717) is 62.2 Å². The van der Waals surface area contributed by atoms with Crippen LogP contribution in [0.1, 0.15) is 99.8 Å². The zero-order valence-electron chi connectivity index (χ0n) is 36.3. The lowest BCUT2D eigenvalue weighted by atomic mass is 9.84. The number of hydrogen-bond acceptors (Lipinski definition) is 11. The lowest BCUT2D eigenvalue weighted by Crippen LogP contribution is -2.50. The first-order valence-electron chi connectivity index (χ1n) is 21.1. The number of likely N-dealkylation sites (tertiary alicyclic amines) is 2. The fourth-order valence-corrected chi connectivity index (χ4v) is 8.43. The summed E-state index contributed by atoms with van der Waals surface area (Å²) in [4.78, 5) is 68.1. The lowest BCUT2D eigenvalue weighted by molar-refractivity contribution is -0.145. The fourth-order valence-electron chi connectivity index (χ4n) is 7.24. The van der Waals surface area contributed by atoms with E-state index in [0.717, 1.165) is 38.5 Å². The van der Waals surface area contributed by atoms with Crippen molar-refractivity contribution < 1.29 is 51.0 Å². The summed E-state index contributed by atoms with van der Waals surface area (Å²) < 4.78 is 50.4. The number of carbonyl (C=O) groups is 5. The Bertz CT molecular complexity index is 1770. The molecule has 1 aromatic carbocycles. The van der Waals surface area contributed by atoms with Gasteiger partial charge in [0.2, 0.25) is 21.8 Å². The number of furan rings is 1. The quantitative estimate of drug-likeness (QED) is 0.127. The molecule has 0 radical (unpaired) electrons. The fraction of sp³-hybridized carbons (Fsp3) is 0.651. The second kappa shape index (κ2) is 21.7. The monoisotopic (exact) mass is 859 g/mol. The van der Waals surface area contributed by atoms with Gasteiger partial charge in [0.25, 0.3) is 0 Å². The number of nitrogens with zero attached hydrogens (tertiary/aromatic N) is 2. The molecule has 0 aliphatic carbocycles. The molecule has 0 saturated carbocycles. The van der Waals surface area contributed by atoms with Crippen molar-refractivity contribution in [1.82, 2.24) is 25.2 Å². The Morgan fingerprint density at radius 1 is 0.783 bits per heavy atom. The minimum absolute atomic E-state index is 0.00793. The average Bonchev–Trinajstić information content (AvgIpc) is 3.73. The summed E-state index contributed by atoms with van der Waals surface area (Å²) >= 11 is 0. The summed E-state index contributed by atoms with van der Waals surface area (Å²) in [5, 5.41) is 5.32. The first-order chi connectivity index (χ1) is 28.2. The Morgan fingerprint density at radius 3 is 1.75 bits per heavy atom. The van der Waals surface area contributed by atoms with Crippen LogP contribution in [-0.2, 0) is 38.6 Å².